The van der Waals surface area contributed by atoms with E-state index in [0.29, 0.717) is 6.42 Å². The van der Waals surface area contributed by atoms with E-state index in [1.807, 2.05) is 0 Å². The molecule has 0 aromatic rings. The van der Waals surface area contributed by atoms with Crippen LogP contribution in [0.3, 0.4) is 0 Å². The van der Waals surface area contributed by atoms with Crippen LogP contribution in [-0.2, 0) is 4.79 Å². The second-order valence-corrected chi connectivity index (χ2v) is 8.04. The normalized spacial score (nSPS) is 13.3. The molecular weight excluding hydrogens is 356 g/mol. The zero-order valence-electron chi connectivity index (χ0n) is 17.9. The molecule has 0 aliphatic rings. The Bertz CT molecular complexity index is 382. The maximum absolute atomic E-state index is 12.0. The van der Waals surface area contributed by atoms with Crippen LogP contribution in [0.2, 0.25) is 0 Å². The largest absolute Gasteiger partial charge is 0.395 e. The van der Waals surface area contributed by atoms with Gasteiger partial charge in [0.05, 0.1) is 25.2 Å². The molecule has 0 saturated carbocycles. The van der Waals surface area contributed by atoms with Crippen molar-refractivity contribution in [2.45, 2.75) is 103 Å². The first-order valence-corrected chi connectivity index (χ1v) is 11.3. The first-order valence-electron chi connectivity index (χ1n) is 11.3. The number of Topliss-reactive ketones (excluding diaryl/α,β-unsaturated/α-hetero) is 1. The summed E-state index contributed by atoms with van der Waals surface area (Å²) in [4.78, 5) is 12.0. The van der Waals surface area contributed by atoms with Gasteiger partial charge in [-0.05, 0) is 32.1 Å². The third-order valence-electron chi connectivity index (χ3n) is 5.51. The first-order chi connectivity index (χ1) is 13.6. The maximum atomic E-state index is 12.0. The molecule has 0 rings (SSSR count). The highest BCUT2D eigenvalue weighted by atomic mass is 16.3. The highest BCUT2D eigenvalue weighted by molar-refractivity contribution is 5.83. The van der Waals surface area contributed by atoms with Crippen molar-refractivity contribution in [1.29, 1.82) is 0 Å². The van der Waals surface area contributed by atoms with Crippen molar-refractivity contribution in [3.63, 3.8) is 0 Å². The average Bonchev–Trinajstić information content (AvgIpc) is 2.72. The fourth-order valence-electron chi connectivity index (χ4n) is 3.26. The second kappa shape index (κ2) is 18.3. The van der Waals surface area contributed by atoms with Gasteiger partial charge >= 0.3 is 0 Å². The van der Waals surface area contributed by atoms with Crippen LogP contribution in [0.25, 0.3) is 0 Å². The number of carbonyl (C=O) groups is 1. The van der Waals surface area contributed by atoms with E-state index in [9.17, 15) is 25.2 Å². The molecular formula is C23H44O5. The number of hydrogen-bond donors (Lipinski definition) is 4. The van der Waals surface area contributed by atoms with Crippen molar-refractivity contribution in [2.75, 3.05) is 19.8 Å². The summed E-state index contributed by atoms with van der Waals surface area (Å²) in [6.07, 6.45) is 18.5. The number of carbonyl (C=O) groups excluding carboxylic acids is 1. The van der Waals surface area contributed by atoms with E-state index in [0.717, 1.165) is 32.1 Å². The molecule has 1 unspecified atom stereocenters. The van der Waals surface area contributed by atoms with Crippen molar-refractivity contribution in [1.82, 2.24) is 0 Å². The van der Waals surface area contributed by atoms with E-state index < -0.39 is 37.1 Å². The zero-order valence-corrected chi connectivity index (χ0v) is 17.9. The van der Waals surface area contributed by atoms with E-state index in [1.54, 1.807) is 0 Å². The summed E-state index contributed by atoms with van der Waals surface area (Å²) >= 11 is 0. The van der Waals surface area contributed by atoms with Crippen LogP contribution in [0, 0.1) is 5.41 Å². The van der Waals surface area contributed by atoms with Crippen LogP contribution >= 0.6 is 0 Å². The van der Waals surface area contributed by atoms with Gasteiger partial charge in [0.1, 0.15) is 6.10 Å². The van der Waals surface area contributed by atoms with Crippen LogP contribution in [0.4, 0.5) is 0 Å². The third-order valence-corrected chi connectivity index (χ3v) is 5.51. The van der Waals surface area contributed by atoms with Gasteiger partial charge in [0.2, 0.25) is 0 Å². The molecule has 4 N–H and O–H groups in total. The zero-order chi connectivity index (χ0) is 21.1. The van der Waals surface area contributed by atoms with Crippen molar-refractivity contribution in [2.24, 2.45) is 5.41 Å². The van der Waals surface area contributed by atoms with Crippen LogP contribution in [0.1, 0.15) is 96.8 Å². The molecule has 0 radical (unpaired) electrons. The van der Waals surface area contributed by atoms with Gasteiger partial charge in [-0.15, -0.1) is 0 Å². The summed E-state index contributed by atoms with van der Waals surface area (Å²) in [5.74, 6) is -0.422. The van der Waals surface area contributed by atoms with E-state index in [1.165, 1.54) is 44.9 Å². The molecule has 1 atom stereocenters. The topological polar surface area (TPSA) is 98.0 Å². The number of aliphatic hydroxyl groups excluding tert-OH is 4. The quantitative estimate of drug-likeness (QED) is 0.183. The van der Waals surface area contributed by atoms with Crippen LogP contribution in [-0.4, -0.2) is 52.1 Å². The molecule has 0 amide bonds. The first kappa shape index (κ1) is 27.2. The van der Waals surface area contributed by atoms with E-state index in [4.69, 9.17) is 0 Å². The van der Waals surface area contributed by atoms with Crippen molar-refractivity contribution in [3.8, 4) is 0 Å². The Morgan fingerprint density at radius 1 is 0.750 bits per heavy atom. The molecule has 0 spiro atoms. The lowest BCUT2D eigenvalue weighted by Crippen LogP contribution is -2.49. The molecule has 0 fully saturated rings. The number of rotatable bonds is 20. The molecule has 0 saturated heterocycles. The SMILES string of the molecule is CCCCCCCC/C=C\CCCCCCCC(=O)C(O)C(CO)(CO)CO. The van der Waals surface area contributed by atoms with Gasteiger partial charge in [-0.3, -0.25) is 4.79 Å². The van der Waals surface area contributed by atoms with Gasteiger partial charge < -0.3 is 20.4 Å². The number of ketones is 1. The fourth-order valence-corrected chi connectivity index (χ4v) is 3.26. The van der Waals surface area contributed by atoms with Crippen LogP contribution in [0.5, 0.6) is 0 Å². The van der Waals surface area contributed by atoms with Gasteiger partial charge in [-0.25, -0.2) is 0 Å². The predicted molar refractivity (Wildman–Crippen MR) is 114 cm³/mol. The number of hydrogen-bond acceptors (Lipinski definition) is 5. The summed E-state index contributed by atoms with van der Waals surface area (Å²) in [5, 5.41) is 37.8. The molecule has 0 aliphatic heterocycles. The van der Waals surface area contributed by atoms with Gasteiger partial charge in [-0.1, -0.05) is 70.4 Å². The minimum Gasteiger partial charge on any atom is -0.395 e. The lowest BCUT2D eigenvalue weighted by atomic mass is 9.81. The Labute approximate surface area is 171 Å². The summed E-state index contributed by atoms with van der Waals surface area (Å²) in [6.45, 7) is 0.365. The van der Waals surface area contributed by atoms with E-state index in [2.05, 4.69) is 19.1 Å². The summed E-state index contributed by atoms with van der Waals surface area (Å²) in [6, 6.07) is 0. The Morgan fingerprint density at radius 2 is 1.18 bits per heavy atom. The molecule has 0 bridgehead atoms. The fraction of sp³-hybridized carbons (Fsp3) is 0.870. The van der Waals surface area contributed by atoms with Crippen molar-refractivity contribution < 1.29 is 25.2 Å². The Kier molecular flexibility index (Phi) is 17.8. The van der Waals surface area contributed by atoms with E-state index in [-0.39, 0.29) is 6.42 Å². The summed E-state index contributed by atoms with van der Waals surface area (Å²) < 4.78 is 0. The van der Waals surface area contributed by atoms with Gasteiger partial charge in [0.25, 0.3) is 0 Å². The highest BCUT2D eigenvalue weighted by Crippen LogP contribution is 2.23. The molecule has 0 aromatic heterocycles. The minimum absolute atomic E-state index is 0.209. The minimum atomic E-state index is -1.54. The maximum Gasteiger partial charge on any atom is 0.162 e. The summed E-state index contributed by atoms with van der Waals surface area (Å²) in [5.41, 5.74) is -1.54. The van der Waals surface area contributed by atoms with E-state index >= 15 is 0 Å². The van der Waals surface area contributed by atoms with Gasteiger partial charge in [0.15, 0.2) is 5.78 Å². The third kappa shape index (κ3) is 11.9. The second-order valence-electron chi connectivity index (χ2n) is 8.04. The van der Waals surface area contributed by atoms with Crippen LogP contribution in [0.15, 0.2) is 12.2 Å². The molecule has 28 heavy (non-hydrogen) atoms. The number of unbranched alkanes of at least 4 members (excludes halogenated alkanes) is 11. The molecule has 5 heteroatoms. The lowest BCUT2D eigenvalue weighted by Gasteiger charge is -2.31. The Morgan fingerprint density at radius 3 is 1.64 bits per heavy atom. The van der Waals surface area contributed by atoms with Crippen molar-refractivity contribution >= 4 is 5.78 Å². The molecule has 0 aliphatic carbocycles. The van der Waals surface area contributed by atoms with Crippen molar-refractivity contribution in [3.05, 3.63) is 12.2 Å². The number of allylic oxidation sites excluding steroid dienone is 2. The number of aliphatic hydroxyl groups is 4. The van der Waals surface area contributed by atoms with Gasteiger partial charge in [-0.2, -0.15) is 0 Å². The molecule has 0 heterocycles. The standard InChI is InChI=1S/C23H44O5/c1-2-3-4-5-6-7-8-9-10-11-12-13-14-15-16-17-21(27)22(28)23(18-24,19-25)20-26/h9-10,22,24-26,28H,2-8,11-20H2,1H3/b10-9-. The molecule has 166 valence electrons. The smallest absolute Gasteiger partial charge is 0.162 e. The van der Waals surface area contributed by atoms with Gasteiger partial charge in [0, 0.05) is 6.42 Å². The van der Waals surface area contributed by atoms with Crippen LogP contribution < -0.4 is 0 Å². The predicted octanol–water partition coefficient (Wildman–Crippen LogP) is 3.92. The Hall–Kier alpha value is -0.750. The average molecular weight is 401 g/mol. The lowest BCUT2D eigenvalue weighted by molar-refractivity contribution is -0.144. The monoisotopic (exact) mass is 400 g/mol. The highest BCUT2D eigenvalue weighted by Gasteiger charge is 2.40. The summed E-state index contributed by atoms with van der Waals surface area (Å²) in [7, 11) is 0. The molecule has 0 aromatic carbocycles. The Balaban J connectivity index is 3.61. The molecule has 5 nitrogen and oxygen atoms in total.